The van der Waals surface area contributed by atoms with Crippen LogP contribution in [-0.2, 0) is 6.54 Å². The third-order valence-corrected chi connectivity index (χ3v) is 4.31. The lowest BCUT2D eigenvalue weighted by Gasteiger charge is -2.21. The molecule has 1 atom stereocenters. The minimum atomic E-state index is 0.433. The molecule has 0 spiro atoms. The van der Waals surface area contributed by atoms with Crippen molar-refractivity contribution < 1.29 is 0 Å². The van der Waals surface area contributed by atoms with Gasteiger partial charge in [0.15, 0.2) is 5.96 Å². The number of rotatable bonds is 12. The van der Waals surface area contributed by atoms with E-state index in [1.54, 1.807) is 0 Å². The summed E-state index contributed by atoms with van der Waals surface area (Å²) in [7, 11) is 0. The van der Waals surface area contributed by atoms with E-state index < -0.39 is 0 Å². The summed E-state index contributed by atoms with van der Waals surface area (Å²) in [6, 6.07) is 0.433. The first-order chi connectivity index (χ1) is 12.1. The predicted molar refractivity (Wildman–Crippen MR) is 107 cm³/mol. The number of aryl methyl sites for hydroxylation is 2. The zero-order valence-electron chi connectivity index (χ0n) is 16.9. The Labute approximate surface area is 154 Å². The fourth-order valence-electron chi connectivity index (χ4n) is 2.80. The summed E-state index contributed by atoms with van der Waals surface area (Å²) >= 11 is 0. The Kier molecular flexibility index (Phi) is 11.0. The normalized spacial score (nSPS) is 13.3. The molecule has 0 aliphatic heterocycles. The Balaban J connectivity index is 2.30. The second-order valence-electron chi connectivity index (χ2n) is 6.61. The van der Waals surface area contributed by atoms with Gasteiger partial charge in [-0.15, -0.1) is 0 Å². The molecule has 0 saturated carbocycles. The molecule has 1 aromatic rings. The van der Waals surface area contributed by atoms with Crippen molar-refractivity contribution in [3.8, 4) is 0 Å². The Morgan fingerprint density at radius 2 is 2.04 bits per heavy atom. The van der Waals surface area contributed by atoms with Crippen LogP contribution in [0.3, 0.4) is 0 Å². The second-order valence-corrected chi connectivity index (χ2v) is 6.61. The van der Waals surface area contributed by atoms with Crippen LogP contribution in [-0.4, -0.2) is 59.4 Å². The van der Waals surface area contributed by atoms with Crippen molar-refractivity contribution in [2.75, 3.05) is 32.7 Å². The molecule has 0 saturated heterocycles. The third-order valence-electron chi connectivity index (χ3n) is 4.31. The van der Waals surface area contributed by atoms with Gasteiger partial charge >= 0.3 is 0 Å². The van der Waals surface area contributed by atoms with Gasteiger partial charge in [0.25, 0.3) is 0 Å². The van der Waals surface area contributed by atoms with E-state index in [2.05, 4.69) is 61.4 Å². The molecule has 25 heavy (non-hydrogen) atoms. The summed E-state index contributed by atoms with van der Waals surface area (Å²) in [5, 5.41) is 11.2. The molecule has 1 unspecified atom stereocenters. The zero-order valence-corrected chi connectivity index (χ0v) is 16.9. The van der Waals surface area contributed by atoms with Gasteiger partial charge in [-0.3, -0.25) is 9.67 Å². The molecule has 0 aromatic carbocycles. The highest BCUT2D eigenvalue weighted by molar-refractivity contribution is 5.79. The van der Waals surface area contributed by atoms with E-state index in [-0.39, 0.29) is 0 Å². The van der Waals surface area contributed by atoms with Crippen molar-refractivity contribution in [2.45, 2.75) is 66.5 Å². The summed E-state index contributed by atoms with van der Waals surface area (Å²) < 4.78 is 1.99. The molecule has 1 aromatic heterocycles. The summed E-state index contributed by atoms with van der Waals surface area (Å²) in [5.41, 5.74) is 1.21. The van der Waals surface area contributed by atoms with Crippen molar-refractivity contribution in [3.63, 3.8) is 0 Å². The highest BCUT2D eigenvalue weighted by Gasteiger charge is 2.06. The summed E-state index contributed by atoms with van der Waals surface area (Å²) in [5.74, 6) is 0.925. The van der Waals surface area contributed by atoms with E-state index in [9.17, 15) is 0 Å². The number of nitrogens with zero attached hydrogens (tertiary/aromatic N) is 4. The molecule has 0 fully saturated rings. The molecular weight excluding hydrogens is 312 g/mol. The van der Waals surface area contributed by atoms with Crippen LogP contribution in [0.1, 0.15) is 52.5 Å². The van der Waals surface area contributed by atoms with Gasteiger partial charge in [-0.25, -0.2) is 0 Å². The van der Waals surface area contributed by atoms with Crippen LogP contribution in [0.15, 0.2) is 17.4 Å². The van der Waals surface area contributed by atoms with Crippen LogP contribution in [0.5, 0.6) is 0 Å². The molecular formula is C19H38N6. The lowest BCUT2D eigenvalue weighted by molar-refractivity contribution is 0.292. The van der Waals surface area contributed by atoms with Gasteiger partial charge in [0, 0.05) is 31.9 Å². The number of hydrogen-bond acceptors (Lipinski definition) is 3. The average Bonchev–Trinajstić information content (AvgIpc) is 3.01. The zero-order chi connectivity index (χ0) is 18.5. The van der Waals surface area contributed by atoms with E-state index in [0.717, 1.165) is 51.5 Å². The standard InChI is InChI=1S/C19H38N6/c1-6-20-19(21-12-10-14-25-16-17(4)15-22-25)23-18(5)11-9-13-24(7-2)8-3/h15-16,18H,6-14H2,1-5H3,(H2,20,21,23). The van der Waals surface area contributed by atoms with E-state index in [0.29, 0.717) is 6.04 Å². The topological polar surface area (TPSA) is 57.5 Å². The Morgan fingerprint density at radius 1 is 1.28 bits per heavy atom. The SMILES string of the molecule is CCNC(=NCCCn1cc(C)cn1)NC(C)CCCN(CC)CC. The maximum atomic E-state index is 4.69. The van der Waals surface area contributed by atoms with E-state index in [1.807, 2.05) is 10.9 Å². The van der Waals surface area contributed by atoms with Crippen LogP contribution < -0.4 is 10.6 Å². The van der Waals surface area contributed by atoms with Gasteiger partial charge in [-0.05, 0) is 65.2 Å². The number of hydrogen-bond donors (Lipinski definition) is 2. The lowest BCUT2D eigenvalue weighted by atomic mass is 10.2. The van der Waals surface area contributed by atoms with Gasteiger partial charge in [-0.1, -0.05) is 13.8 Å². The summed E-state index contributed by atoms with van der Waals surface area (Å²) in [6.45, 7) is 16.9. The van der Waals surface area contributed by atoms with Crippen LogP contribution in [0, 0.1) is 6.92 Å². The van der Waals surface area contributed by atoms with E-state index in [4.69, 9.17) is 4.99 Å². The van der Waals surface area contributed by atoms with Gasteiger partial charge in [0.2, 0.25) is 0 Å². The predicted octanol–water partition coefficient (Wildman–Crippen LogP) is 2.65. The minimum Gasteiger partial charge on any atom is -0.357 e. The van der Waals surface area contributed by atoms with Crippen molar-refractivity contribution in [1.29, 1.82) is 0 Å². The molecule has 6 heteroatoms. The average molecular weight is 351 g/mol. The summed E-state index contributed by atoms with van der Waals surface area (Å²) in [6.07, 6.45) is 7.34. The Bertz CT molecular complexity index is 478. The van der Waals surface area contributed by atoms with Crippen LogP contribution >= 0.6 is 0 Å². The first-order valence-electron chi connectivity index (χ1n) is 9.85. The van der Waals surface area contributed by atoms with Gasteiger partial charge in [-0.2, -0.15) is 5.10 Å². The Morgan fingerprint density at radius 3 is 2.64 bits per heavy atom. The highest BCUT2D eigenvalue weighted by Crippen LogP contribution is 2.00. The molecule has 0 aliphatic rings. The maximum absolute atomic E-state index is 4.69. The quantitative estimate of drug-likeness (QED) is 0.346. The molecule has 2 N–H and O–H groups in total. The first-order valence-corrected chi connectivity index (χ1v) is 9.85. The monoisotopic (exact) mass is 350 g/mol. The molecule has 0 amide bonds. The van der Waals surface area contributed by atoms with Gasteiger partial charge < -0.3 is 15.5 Å². The highest BCUT2D eigenvalue weighted by atomic mass is 15.3. The van der Waals surface area contributed by atoms with Gasteiger partial charge in [0.1, 0.15) is 0 Å². The minimum absolute atomic E-state index is 0.433. The number of aromatic nitrogens is 2. The van der Waals surface area contributed by atoms with Gasteiger partial charge in [0.05, 0.1) is 6.20 Å². The molecule has 144 valence electrons. The smallest absolute Gasteiger partial charge is 0.191 e. The number of aliphatic imine (C=N–C) groups is 1. The number of guanidine groups is 1. The van der Waals surface area contributed by atoms with Crippen LogP contribution in [0.2, 0.25) is 0 Å². The first kappa shape index (κ1) is 21.5. The van der Waals surface area contributed by atoms with Crippen LogP contribution in [0.4, 0.5) is 0 Å². The van der Waals surface area contributed by atoms with E-state index in [1.165, 1.54) is 18.5 Å². The molecule has 1 rings (SSSR count). The lowest BCUT2D eigenvalue weighted by Crippen LogP contribution is -2.42. The molecule has 6 nitrogen and oxygen atoms in total. The van der Waals surface area contributed by atoms with Crippen LogP contribution in [0.25, 0.3) is 0 Å². The molecule has 0 aliphatic carbocycles. The van der Waals surface area contributed by atoms with Crippen molar-refractivity contribution in [3.05, 3.63) is 18.0 Å². The van der Waals surface area contributed by atoms with E-state index >= 15 is 0 Å². The largest absolute Gasteiger partial charge is 0.357 e. The summed E-state index contributed by atoms with van der Waals surface area (Å²) in [4.78, 5) is 7.17. The maximum Gasteiger partial charge on any atom is 0.191 e. The molecule has 1 heterocycles. The van der Waals surface area contributed by atoms with Crippen molar-refractivity contribution in [2.24, 2.45) is 4.99 Å². The molecule has 0 radical (unpaired) electrons. The van der Waals surface area contributed by atoms with Crippen molar-refractivity contribution in [1.82, 2.24) is 25.3 Å². The fraction of sp³-hybridized carbons (Fsp3) is 0.789. The second kappa shape index (κ2) is 12.8. The van der Waals surface area contributed by atoms with Crippen molar-refractivity contribution >= 4 is 5.96 Å². The molecule has 0 bridgehead atoms. The fourth-order valence-corrected chi connectivity index (χ4v) is 2.80. The third kappa shape index (κ3) is 9.48. The number of nitrogens with one attached hydrogen (secondary N) is 2. The Hall–Kier alpha value is -1.56.